The summed E-state index contributed by atoms with van der Waals surface area (Å²) < 4.78 is 5.66. The van der Waals surface area contributed by atoms with Crippen LogP contribution in [0, 0.1) is 5.41 Å². The predicted octanol–water partition coefficient (Wildman–Crippen LogP) is 0.293. The van der Waals surface area contributed by atoms with Crippen molar-refractivity contribution in [2.75, 3.05) is 39.3 Å². The van der Waals surface area contributed by atoms with Crippen LogP contribution >= 0.6 is 0 Å². The molecule has 5 nitrogen and oxygen atoms in total. The molecule has 0 aromatic carbocycles. The van der Waals surface area contributed by atoms with Crippen LogP contribution in [0.25, 0.3) is 0 Å². The topological polar surface area (TPSA) is 58.8 Å². The first-order chi connectivity index (χ1) is 8.94. The third-order valence-electron chi connectivity index (χ3n) is 4.50. The summed E-state index contributed by atoms with van der Waals surface area (Å²) in [5, 5.41) is 0. The van der Waals surface area contributed by atoms with Gasteiger partial charge in [0.25, 0.3) is 5.91 Å². The number of nitrogens with zero attached hydrogens (tertiary/aromatic N) is 2. The second-order valence-electron chi connectivity index (χ2n) is 6.40. The Labute approximate surface area is 116 Å². The van der Waals surface area contributed by atoms with Gasteiger partial charge in [0.05, 0.1) is 6.61 Å². The maximum atomic E-state index is 12.5. The molecule has 2 atom stereocenters. The molecule has 5 heteroatoms. The molecular weight excluding hydrogens is 242 g/mol. The highest BCUT2D eigenvalue weighted by Gasteiger charge is 2.38. The van der Waals surface area contributed by atoms with E-state index in [1.807, 2.05) is 4.90 Å². The molecular formula is C14H27N3O2. The van der Waals surface area contributed by atoms with E-state index in [0.717, 1.165) is 39.1 Å². The molecule has 19 heavy (non-hydrogen) atoms. The molecule has 0 bridgehead atoms. The van der Waals surface area contributed by atoms with Crippen molar-refractivity contribution in [2.24, 2.45) is 11.1 Å². The molecule has 2 heterocycles. The number of rotatable bonds is 2. The van der Waals surface area contributed by atoms with Crippen LogP contribution < -0.4 is 5.73 Å². The van der Waals surface area contributed by atoms with Gasteiger partial charge in [-0.1, -0.05) is 20.8 Å². The third kappa shape index (κ3) is 3.27. The van der Waals surface area contributed by atoms with E-state index in [9.17, 15) is 4.79 Å². The Bertz CT molecular complexity index is 333. The van der Waals surface area contributed by atoms with Crippen LogP contribution in [-0.4, -0.2) is 67.2 Å². The molecule has 110 valence electrons. The predicted molar refractivity (Wildman–Crippen MR) is 74.8 cm³/mol. The molecule has 2 aliphatic heterocycles. The first-order valence-electron chi connectivity index (χ1n) is 7.32. The Hall–Kier alpha value is -0.650. The van der Waals surface area contributed by atoms with Gasteiger partial charge < -0.3 is 15.4 Å². The number of ether oxygens (including phenoxy) is 1. The van der Waals surface area contributed by atoms with Gasteiger partial charge in [-0.15, -0.1) is 0 Å². The number of hydrogen-bond acceptors (Lipinski definition) is 4. The van der Waals surface area contributed by atoms with Gasteiger partial charge >= 0.3 is 0 Å². The quantitative estimate of drug-likeness (QED) is 0.783. The molecule has 0 saturated carbocycles. The summed E-state index contributed by atoms with van der Waals surface area (Å²) in [6, 6.07) is 0.177. The standard InChI is InChI=1S/C14H27N3O2/c1-4-16-7-8-19-11(9-16)13(18)17-6-5-12(15)14(2,3)10-17/h11-12H,4-10,15H2,1-3H3. The first-order valence-corrected chi connectivity index (χ1v) is 7.32. The highest BCUT2D eigenvalue weighted by molar-refractivity contribution is 5.81. The molecule has 2 saturated heterocycles. The molecule has 0 aliphatic carbocycles. The van der Waals surface area contributed by atoms with Crippen LogP contribution in [0.2, 0.25) is 0 Å². The average Bonchev–Trinajstić information content (AvgIpc) is 2.41. The van der Waals surface area contributed by atoms with E-state index in [0.29, 0.717) is 6.61 Å². The van der Waals surface area contributed by atoms with Crippen LogP contribution in [0.3, 0.4) is 0 Å². The summed E-state index contributed by atoms with van der Waals surface area (Å²) >= 11 is 0. The summed E-state index contributed by atoms with van der Waals surface area (Å²) in [7, 11) is 0. The average molecular weight is 269 g/mol. The Balaban J connectivity index is 1.96. The number of carbonyl (C=O) groups is 1. The highest BCUT2D eigenvalue weighted by Crippen LogP contribution is 2.28. The number of likely N-dealkylation sites (tertiary alicyclic amines) is 1. The molecule has 0 aromatic rings. The van der Waals surface area contributed by atoms with Gasteiger partial charge in [0.1, 0.15) is 6.10 Å². The SMILES string of the molecule is CCN1CCOC(C(=O)N2CCC(N)C(C)(C)C2)C1. The zero-order chi connectivity index (χ0) is 14.0. The molecule has 2 unspecified atom stereocenters. The molecule has 0 radical (unpaired) electrons. The minimum absolute atomic E-state index is 0.00692. The zero-order valence-electron chi connectivity index (χ0n) is 12.4. The summed E-state index contributed by atoms with van der Waals surface area (Å²) in [5.74, 6) is 0.137. The maximum Gasteiger partial charge on any atom is 0.253 e. The molecule has 1 amide bonds. The molecule has 2 rings (SSSR count). The van der Waals surface area contributed by atoms with Crippen LogP contribution in [0.5, 0.6) is 0 Å². The summed E-state index contributed by atoms with van der Waals surface area (Å²) in [6.07, 6.45) is 0.585. The number of hydrogen-bond donors (Lipinski definition) is 1. The van der Waals surface area contributed by atoms with Gasteiger partial charge in [0.15, 0.2) is 0 Å². The third-order valence-corrected chi connectivity index (χ3v) is 4.50. The van der Waals surface area contributed by atoms with E-state index >= 15 is 0 Å². The van der Waals surface area contributed by atoms with Crippen molar-refractivity contribution >= 4 is 5.91 Å². The normalized spacial score (nSPS) is 32.3. The van der Waals surface area contributed by atoms with Crippen molar-refractivity contribution in [3.8, 4) is 0 Å². The van der Waals surface area contributed by atoms with Crippen molar-refractivity contribution in [3.63, 3.8) is 0 Å². The van der Waals surface area contributed by atoms with Gasteiger partial charge in [0.2, 0.25) is 0 Å². The van der Waals surface area contributed by atoms with Crippen LogP contribution in [0.4, 0.5) is 0 Å². The Morgan fingerprint density at radius 3 is 2.79 bits per heavy atom. The summed E-state index contributed by atoms with van der Waals surface area (Å²) in [5.41, 5.74) is 6.11. The lowest BCUT2D eigenvalue weighted by atomic mass is 9.79. The van der Waals surface area contributed by atoms with Crippen molar-refractivity contribution in [3.05, 3.63) is 0 Å². The van der Waals surface area contributed by atoms with E-state index in [4.69, 9.17) is 10.5 Å². The molecule has 0 spiro atoms. The van der Waals surface area contributed by atoms with Gasteiger partial charge in [0, 0.05) is 32.2 Å². The maximum absolute atomic E-state index is 12.5. The minimum atomic E-state index is -0.293. The monoisotopic (exact) mass is 269 g/mol. The number of piperidine rings is 1. The van der Waals surface area contributed by atoms with Crippen molar-refractivity contribution in [1.29, 1.82) is 0 Å². The summed E-state index contributed by atoms with van der Waals surface area (Å²) in [4.78, 5) is 16.8. The number of nitrogens with two attached hydrogens (primary N) is 1. The van der Waals surface area contributed by atoms with E-state index in [1.165, 1.54) is 0 Å². The molecule has 0 aromatic heterocycles. The Kier molecular flexibility index (Phi) is 4.48. The number of amides is 1. The lowest BCUT2D eigenvalue weighted by Gasteiger charge is -2.44. The molecule has 2 fully saturated rings. The highest BCUT2D eigenvalue weighted by atomic mass is 16.5. The van der Waals surface area contributed by atoms with E-state index in [2.05, 4.69) is 25.7 Å². The minimum Gasteiger partial charge on any atom is -0.366 e. The van der Waals surface area contributed by atoms with Gasteiger partial charge in [-0.05, 0) is 18.4 Å². The summed E-state index contributed by atoms with van der Waals surface area (Å²) in [6.45, 7) is 11.2. The van der Waals surface area contributed by atoms with E-state index in [1.54, 1.807) is 0 Å². The van der Waals surface area contributed by atoms with Crippen LogP contribution in [0.15, 0.2) is 0 Å². The van der Waals surface area contributed by atoms with Crippen molar-refractivity contribution < 1.29 is 9.53 Å². The number of carbonyl (C=O) groups excluding carboxylic acids is 1. The lowest BCUT2D eigenvalue weighted by molar-refractivity contribution is -0.152. The lowest BCUT2D eigenvalue weighted by Crippen LogP contribution is -2.58. The smallest absolute Gasteiger partial charge is 0.253 e. The number of morpholine rings is 1. The fourth-order valence-electron chi connectivity index (χ4n) is 2.90. The molecule has 2 N–H and O–H groups in total. The fourth-order valence-corrected chi connectivity index (χ4v) is 2.90. The van der Waals surface area contributed by atoms with E-state index in [-0.39, 0.29) is 23.5 Å². The second kappa shape index (κ2) is 5.77. The Morgan fingerprint density at radius 1 is 1.42 bits per heavy atom. The number of likely N-dealkylation sites (N-methyl/N-ethyl adjacent to an activating group) is 1. The Morgan fingerprint density at radius 2 is 2.16 bits per heavy atom. The van der Waals surface area contributed by atoms with Crippen LogP contribution in [-0.2, 0) is 9.53 Å². The largest absolute Gasteiger partial charge is 0.366 e. The second-order valence-corrected chi connectivity index (χ2v) is 6.40. The zero-order valence-corrected chi connectivity index (χ0v) is 12.4. The molecule has 2 aliphatic rings. The van der Waals surface area contributed by atoms with Gasteiger partial charge in [-0.3, -0.25) is 9.69 Å². The van der Waals surface area contributed by atoms with Gasteiger partial charge in [-0.2, -0.15) is 0 Å². The van der Waals surface area contributed by atoms with Crippen molar-refractivity contribution in [2.45, 2.75) is 39.3 Å². The fraction of sp³-hybridized carbons (Fsp3) is 0.929. The first kappa shape index (κ1) is 14.8. The van der Waals surface area contributed by atoms with Gasteiger partial charge in [-0.25, -0.2) is 0 Å². The van der Waals surface area contributed by atoms with Crippen LogP contribution in [0.1, 0.15) is 27.2 Å². The van der Waals surface area contributed by atoms with E-state index < -0.39 is 0 Å². The van der Waals surface area contributed by atoms with Crippen molar-refractivity contribution in [1.82, 2.24) is 9.80 Å².